The zero-order valence-electron chi connectivity index (χ0n) is 11.3. The number of nitro benzene ring substituents is 1. The predicted molar refractivity (Wildman–Crippen MR) is 89.7 cm³/mol. The predicted octanol–water partition coefficient (Wildman–Crippen LogP) is 4.24. The van der Waals surface area contributed by atoms with Crippen molar-refractivity contribution in [3.05, 3.63) is 68.7 Å². The number of nitrogens with one attached hydrogen (secondary N) is 1. The van der Waals surface area contributed by atoms with E-state index < -0.39 is 0 Å². The third-order valence-corrected chi connectivity index (χ3v) is 4.24. The molecule has 0 aromatic heterocycles. The molecule has 6 heteroatoms. The van der Waals surface area contributed by atoms with E-state index in [4.69, 9.17) is 0 Å². The number of thioether (sulfide) groups is 1. The van der Waals surface area contributed by atoms with Crippen molar-refractivity contribution in [3.63, 3.8) is 0 Å². The molecule has 0 fully saturated rings. The Kier molecular flexibility index (Phi) is 6.22. The second-order valence-corrected chi connectivity index (χ2v) is 6.50. The summed E-state index contributed by atoms with van der Waals surface area (Å²) in [5.74, 6) is 0.958. The first-order chi connectivity index (χ1) is 10.1. The highest BCUT2D eigenvalue weighted by atomic mass is 79.9. The summed E-state index contributed by atoms with van der Waals surface area (Å²) in [7, 11) is 0. The van der Waals surface area contributed by atoms with E-state index in [1.165, 1.54) is 11.0 Å². The lowest BCUT2D eigenvalue weighted by molar-refractivity contribution is -0.385. The van der Waals surface area contributed by atoms with E-state index in [-0.39, 0.29) is 10.6 Å². The van der Waals surface area contributed by atoms with Crippen LogP contribution in [0.4, 0.5) is 5.69 Å². The molecule has 0 atom stereocenters. The van der Waals surface area contributed by atoms with Crippen LogP contribution < -0.4 is 5.32 Å². The average Bonchev–Trinajstić information content (AvgIpc) is 2.47. The van der Waals surface area contributed by atoms with Crippen molar-refractivity contribution in [1.82, 2.24) is 5.32 Å². The van der Waals surface area contributed by atoms with E-state index in [1.807, 2.05) is 24.3 Å². The van der Waals surface area contributed by atoms with Gasteiger partial charge < -0.3 is 5.32 Å². The number of rotatable bonds is 7. The molecule has 0 aliphatic carbocycles. The summed E-state index contributed by atoms with van der Waals surface area (Å²) in [6.07, 6.45) is 0. The van der Waals surface area contributed by atoms with Gasteiger partial charge in [0.2, 0.25) is 0 Å². The summed E-state index contributed by atoms with van der Waals surface area (Å²) in [5, 5.41) is 14.1. The van der Waals surface area contributed by atoms with Crippen molar-refractivity contribution in [2.75, 3.05) is 12.3 Å². The van der Waals surface area contributed by atoms with Gasteiger partial charge >= 0.3 is 0 Å². The molecule has 0 radical (unpaired) electrons. The third kappa shape index (κ3) is 5.49. The Hall–Kier alpha value is -1.37. The van der Waals surface area contributed by atoms with Crippen molar-refractivity contribution < 1.29 is 4.92 Å². The normalized spacial score (nSPS) is 10.5. The molecule has 0 amide bonds. The number of halogens is 1. The molecule has 0 aliphatic heterocycles. The SMILES string of the molecule is O=[N+]([O-])c1cc(Br)cc(CNCCSc2ccccc2)c1. The smallest absolute Gasteiger partial charge is 0.270 e. The first kappa shape index (κ1) is 16.0. The molecule has 0 saturated carbocycles. The second kappa shape index (κ2) is 8.17. The summed E-state index contributed by atoms with van der Waals surface area (Å²) >= 11 is 5.08. The molecule has 2 aromatic carbocycles. The molecule has 2 aromatic rings. The monoisotopic (exact) mass is 366 g/mol. The van der Waals surface area contributed by atoms with Crippen molar-refractivity contribution in [3.8, 4) is 0 Å². The highest BCUT2D eigenvalue weighted by Crippen LogP contribution is 2.21. The minimum absolute atomic E-state index is 0.111. The first-order valence-corrected chi connectivity index (χ1v) is 8.25. The molecule has 21 heavy (non-hydrogen) atoms. The molecule has 0 aliphatic rings. The second-order valence-electron chi connectivity index (χ2n) is 4.41. The fraction of sp³-hybridized carbons (Fsp3) is 0.200. The highest BCUT2D eigenvalue weighted by Gasteiger charge is 2.08. The molecule has 110 valence electrons. The Bertz CT molecular complexity index is 608. The number of benzene rings is 2. The van der Waals surface area contributed by atoms with Gasteiger partial charge in [0.25, 0.3) is 5.69 Å². The van der Waals surface area contributed by atoms with Gasteiger partial charge in [-0.25, -0.2) is 0 Å². The largest absolute Gasteiger partial charge is 0.312 e. The lowest BCUT2D eigenvalue weighted by atomic mass is 10.2. The van der Waals surface area contributed by atoms with Crippen LogP contribution in [0.25, 0.3) is 0 Å². The molecule has 0 saturated heterocycles. The van der Waals surface area contributed by atoms with Gasteiger partial charge in [-0.1, -0.05) is 34.1 Å². The summed E-state index contributed by atoms with van der Waals surface area (Å²) < 4.78 is 0.729. The van der Waals surface area contributed by atoms with Crippen molar-refractivity contribution in [1.29, 1.82) is 0 Å². The zero-order chi connectivity index (χ0) is 15.1. The Morgan fingerprint density at radius 1 is 1.19 bits per heavy atom. The van der Waals surface area contributed by atoms with E-state index in [9.17, 15) is 10.1 Å². The summed E-state index contributed by atoms with van der Waals surface area (Å²) in [5.41, 5.74) is 1.01. The lowest BCUT2D eigenvalue weighted by Gasteiger charge is -2.06. The van der Waals surface area contributed by atoms with Crippen LogP contribution in [0.2, 0.25) is 0 Å². The Balaban J connectivity index is 1.77. The molecule has 4 nitrogen and oxygen atoms in total. The van der Waals surface area contributed by atoms with E-state index >= 15 is 0 Å². The molecular weight excluding hydrogens is 352 g/mol. The molecule has 1 N–H and O–H groups in total. The maximum atomic E-state index is 10.8. The number of nitro groups is 1. The van der Waals surface area contributed by atoms with Crippen molar-refractivity contribution in [2.24, 2.45) is 0 Å². The van der Waals surface area contributed by atoms with Crippen LogP contribution >= 0.6 is 27.7 Å². The average molecular weight is 367 g/mol. The molecule has 0 unspecified atom stereocenters. The summed E-state index contributed by atoms with van der Waals surface area (Å²) in [6, 6.07) is 15.2. The topological polar surface area (TPSA) is 55.2 Å². The van der Waals surface area contributed by atoms with Crippen LogP contribution in [-0.4, -0.2) is 17.2 Å². The highest BCUT2D eigenvalue weighted by molar-refractivity contribution is 9.10. The lowest BCUT2D eigenvalue weighted by Crippen LogP contribution is -2.16. The van der Waals surface area contributed by atoms with Gasteiger partial charge in [-0.15, -0.1) is 11.8 Å². The van der Waals surface area contributed by atoms with Crippen LogP contribution in [0.15, 0.2) is 57.9 Å². The van der Waals surface area contributed by atoms with Gasteiger partial charge in [0.1, 0.15) is 0 Å². The quantitative estimate of drug-likeness (QED) is 0.344. The summed E-state index contributed by atoms with van der Waals surface area (Å²) in [6.45, 7) is 1.47. The first-order valence-electron chi connectivity index (χ1n) is 6.47. The number of non-ortho nitro benzene ring substituents is 1. The molecule has 0 heterocycles. The number of hydrogen-bond acceptors (Lipinski definition) is 4. The summed E-state index contributed by atoms with van der Waals surface area (Å²) in [4.78, 5) is 11.7. The third-order valence-electron chi connectivity index (χ3n) is 2.77. The van der Waals surface area contributed by atoms with Crippen molar-refractivity contribution >= 4 is 33.4 Å². The molecule has 0 bridgehead atoms. The van der Waals surface area contributed by atoms with E-state index in [2.05, 4.69) is 33.4 Å². The maximum Gasteiger partial charge on any atom is 0.270 e. The van der Waals surface area contributed by atoms with Gasteiger partial charge in [0, 0.05) is 40.3 Å². The van der Waals surface area contributed by atoms with Gasteiger partial charge in [-0.2, -0.15) is 0 Å². The van der Waals surface area contributed by atoms with E-state index in [1.54, 1.807) is 17.8 Å². The van der Waals surface area contributed by atoms with E-state index in [0.717, 1.165) is 22.3 Å². The standard InChI is InChI=1S/C15H15BrN2O2S/c16-13-8-12(9-14(10-13)18(19)20)11-17-6-7-21-15-4-2-1-3-5-15/h1-5,8-10,17H,6-7,11H2. The Labute approximate surface area is 136 Å². The van der Waals surface area contributed by atoms with Crippen LogP contribution in [0.3, 0.4) is 0 Å². The van der Waals surface area contributed by atoms with Crippen LogP contribution in [0, 0.1) is 10.1 Å². The zero-order valence-corrected chi connectivity index (χ0v) is 13.7. The fourth-order valence-corrected chi connectivity index (χ4v) is 3.19. The van der Waals surface area contributed by atoms with Crippen LogP contribution in [0.1, 0.15) is 5.56 Å². The minimum atomic E-state index is -0.375. The van der Waals surface area contributed by atoms with Crippen LogP contribution in [0.5, 0.6) is 0 Å². The number of nitrogens with zero attached hydrogens (tertiary/aromatic N) is 1. The fourth-order valence-electron chi connectivity index (χ4n) is 1.83. The Morgan fingerprint density at radius 2 is 1.95 bits per heavy atom. The van der Waals surface area contributed by atoms with Crippen LogP contribution in [-0.2, 0) is 6.54 Å². The van der Waals surface area contributed by atoms with Crippen molar-refractivity contribution in [2.45, 2.75) is 11.4 Å². The maximum absolute atomic E-state index is 10.8. The van der Waals surface area contributed by atoms with Gasteiger partial charge in [-0.3, -0.25) is 10.1 Å². The molecule has 0 spiro atoms. The molecule has 2 rings (SSSR count). The minimum Gasteiger partial charge on any atom is -0.312 e. The van der Waals surface area contributed by atoms with E-state index in [0.29, 0.717) is 6.54 Å². The Morgan fingerprint density at radius 3 is 2.67 bits per heavy atom. The van der Waals surface area contributed by atoms with Gasteiger partial charge in [0.15, 0.2) is 0 Å². The van der Waals surface area contributed by atoms with Gasteiger partial charge in [0.05, 0.1) is 4.92 Å². The number of hydrogen-bond donors (Lipinski definition) is 1. The molecular formula is C15H15BrN2O2S. The van der Waals surface area contributed by atoms with Gasteiger partial charge in [-0.05, 0) is 23.8 Å².